The lowest BCUT2D eigenvalue weighted by Crippen LogP contribution is -2.50. The number of carbonyl (C=O) groups excluding carboxylic acids is 1. The molecule has 0 aliphatic carbocycles. The van der Waals surface area contributed by atoms with Crippen LogP contribution in [0.5, 0.6) is 5.75 Å². The summed E-state index contributed by atoms with van der Waals surface area (Å²) in [5.41, 5.74) is 3.23. The van der Waals surface area contributed by atoms with E-state index in [0.29, 0.717) is 43.3 Å². The molecule has 1 heterocycles. The number of benzene rings is 3. The summed E-state index contributed by atoms with van der Waals surface area (Å²) < 4.78 is 19.7. The Kier molecular flexibility index (Phi) is 6.71. The van der Waals surface area contributed by atoms with Crippen LogP contribution in [-0.2, 0) is 4.79 Å². The molecule has 166 valence electrons. The number of nitrogens with zero attached hydrogens (tertiary/aromatic N) is 2. The van der Waals surface area contributed by atoms with Crippen molar-refractivity contribution in [3.63, 3.8) is 0 Å². The van der Waals surface area contributed by atoms with Gasteiger partial charge < -0.3 is 15.0 Å². The molecule has 3 aromatic rings. The molecule has 0 radical (unpaired) electrons. The lowest BCUT2D eigenvalue weighted by molar-refractivity contribution is -0.121. The fourth-order valence-corrected chi connectivity index (χ4v) is 4.21. The molecule has 32 heavy (non-hydrogen) atoms. The summed E-state index contributed by atoms with van der Waals surface area (Å²) >= 11 is 0. The smallest absolute Gasteiger partial charge is 0.246 e. The van der Waals surface area contributed by atoms with E-state index in [1.807, 2.05) is 66.4 Å². The predicted octanol–water partition coefficient (Wildman–Crippen LogP) is 4.64. The van der Waals surface area contributed by atoms with Gasteiger partial charge in [-0.15, -0.1) is 0 Å². The molecule has 1 amide bonds. The van der Waals surface area contributed by atoms with E-state index in [2.05, 4.69) is 10.2 Å². The fourth-order valence-electron chi connectivity index (χ4n) is 4.21. The number of rotatable bonds is 6. The lowest BCUT2D eigenvalue weighted by Gasteiger charge is -2.39. The van der Waals surface area contributed by atoms with Crippen LogP contribution in [-0.4, -0.2) is 44.1 Å². The number of piperazine rings is 1. The van der Waals surface area contributed by atoms with Gasteiger partial charge in [0, 0.05) is 26.2 Å². The van der Waals surface area contributed by atoms with E-state index in [4.69, 9.17) is 4.74 Å². The minimum absolute atomic E-state index is 0.112. The molecule has 0 saturated carbocycles. The fraction of sp³-hybridized carbons (Fsp3) is 0.269. The summed E-state index contributed by atoms with van der Waals surface area (Å²) in [6, 6.07) is 21.9. The Morgan fingerprint density at radius 3 is 2.34 bits per heavy atom. The maximum absolute atomic E-state index is 14.2. The Morgan fingerprint density at radius 1 is 0.969 bits per heavy atom. The minimum Gasteiger partial charge on any atom is -0.495 e. The number of hydrogen-bond donors (Lipinski definition) is 1. The molecule has 1 aliphatic rings. The largest absolute Gasteiger partial charge is 0.495 e. The van der Waals surface area contributed by atoms with Gasteiger partial charge in [-0.25, -0.2) is 4.39 Å². The highest BCUT2D eigenvalue weighted by Gasteiger charge is 2.31. The molecular weight excluding hydrogens is 405 g/mol. The first kappa shape index (κ1) is 21.8. The van der Waals surface area contributed by atoms with Crippen LogP contribution < -0.4 is 15.0 Å². The molecule has 1 fully saturated rings. The maximum Gasteiger partial charge on any atom is 0.246 e. The lowest BCUT2D eigenvalue weighted by atomic mass is 10.0. The highest BCUT2D eigenvalue weighted by atomic mass is 19.1. The Labute approximate surface area is 188 Å². The summed E-state index contributed by atoms with van der Waals surface area (Å²) in [6.07, 6.45) is 0. The average Bonchev–Trinajstić information content (AvgIpc) is 2.81. The van der Waals surface area contributed by atoms with Crippen molar-refractivity contribution in [2.75, 3.05) is 43.5 Å². The van der Waals surface area contributed by atoms with Crippen molar-refractivity contribution >= 4 is 17.3 Å². The van der Waals surface area contributed by atoms with Gasteiger partial charge in [-0.2, -0.15) is 0 Å². The minimum atomic E-state index is -0.454. The average molecular weight is 434 g/mol. The van der Waals surface area contributed by atoms with Crippen LogP contribution in [0.3, 0.4) is 0 Å². The molecule has 1 unspecified atom stereocenters. The van der Waals surface area contributed by atoms with Gasteiger partial charge in [-0.05, 0) is 42.3 Å². The monoisotopic (exact) mass is 433 g/mol. The first-order valence-corrected chi connectivity index (χ1v) is 10.8. The third-order valence-corrected chi connectivity index (χ3v) is 5.85. The first-order valence-electron chi connectivity index (χ1n) is 10.8. The molecule has 0 bridgehead atoms. The maximum atomic E-state index is 14.2. The second-order valence-corrected chi connectivity index (χ2v) is 7.98. The van der Waals surface area contributed by atoms with Gasteiger partial charge in [0.1, 0.15) is 17.6 Å². The molecule has 6 heteroatoms. The zero-order valence-electron chi connectivity index (χ0n) is 18.4. The summed E-state index contributed by atoms with van der Waals surface area (Å²) in [7, 11) is 1.59. The zero-order valence-corrected chi connectivity index (χ0v) is 18.4. The van der Waals surface area contributed by atoms with Crippen LogP contribution in [0.25, 0.3) is 0 Å². The van der Waals surface area contributed by atoms with Crippen molar-refractivity contribution < 1.29 is 13.9 Å². The highest BCUT2D eigenvalue weighted by Crippen LogP contribution is 2.30. The molecule has 3 aromatic carbocycles. The van der Waals surface area contributed by atoms with Crippen molar-refractivity contribution in [2.45, 2.75) is 13.0 Å². The Bertz CT molecular complexity index is 1070. The second kappa shape index (κ2) is 9.83. The van der Waals surface area contributed by atoms with Gasteiger partial charge in [-0.1, -0.05) is 48.5 Å². The summed E-state index contributed by atoms with van der Waals surface area (Å²) in [4.78, 5) is 17.7. The number of hydrogen-bond acceptors (Lipinski definition) is 4. The van der Waals surface area contributed by atoms with Gasteiger partial charge in [0.25, 0.3) is 0 Å². The van der Waals surface area contributed by atoms with Crippen LogP contribution >= 0.6 is 0 Å². The van der Waals surface area contributed by atoms with Crippen molar-refractivity contribution in [1.82, 2.24) is 4.90 Å². The Hall–Kier alpha value is -3.38. The number of aryl methyl sites for hydroxylation is 1. The third kappa shape index (κ3) is 4.75. The van der Waals surface area contributed by atoms with Gasteiger partial charge in [-0.3, -0.25) is 9.69 Å². The van der Waals surface area contributed by atoms with Crippen LogP contribution in [0, 0.1) is 12.7 Å². The second-order valence-electron chi connectivity index (χ2n) is 7.98. The zero-order chi connectivity index (χ0) is 22.5. The van der Waals surface area contributed by atoms with E-state index in [1.165, 1.54) is 6.07 Å². The molecule has 1 atom stereocenters. The standard InChI is InChI=1S/C26H28FN3O2/c1-19-12-13-24(32-2)22(18-19)28-26(31)25(20-8-4-3-5-9-20)30-16-14-29(15-17-30)23-11-7-6-10-21(23)27/h3-13,18,25H,14-17H2,1-2H3,(H,28,31). The van der Waals surface area contributed by atoms with E-state index in [1.54, 1.807) is 19.2 Å². The first-order chi connectivity index (χ1) is 15.6. The number of anilines is 2. The Morgan fingerprint density at radius 2 is 1.66 bits per heavy atom. The van der Waals surface area contributed by atoms with Crippen LogP contribution in [0.2, 0.25) is 0 Å². The summed E-state index contributed by atoms with van der Waals surface area (Å²) in [6.45, 7) is 4.56. The van der Waals surface area contributed by atoms with Crippen LogP contribution in [0.1, 0.15) is 17.2 Å². The van der Waals surface area contributed by atoms with Gasteiger partial charge in [0.15, 0.2) is 0 Å². The number of ether oxygens (including phenoxy) is 1. The Balaban J connectivity index is 1.55. The molecule has 0 spiro atoms. The molecule has 1 aliphatic heterocycles. The normalized spacial score (nSPS) is 15.3. The highest BCUT2D eigenvalue weighted by molar-refractivity contribution is 5.97. The molecule has 0 aromatic heterocycles. The number of amides is 1. The quantitative estimate of drug-likeness (QED) is 0.615. The topological polar surface area (TPSA) is 44.8 Å². The number of carbonyl (C=O) groups is 1. The van der Waals surface area contributed by atoms with Gasteiger partial charge in [0.05, 0.1) is 18.5 Å². The number of para-hydroxylation sites is 1. The van der Waals surface area contributed by atoms with Crippen molar-refractivity contribution in [1.29, 1.82) is 0 Å². The van der Waals surface area contributed by atoms with E-state index >= 15 is 0 Å². The van der Waals surface area contributed by atoms with E-state index < -0.39 is 6.04 Å². The third-order valence-electron chi connectivity index (χ3n) is 5.85. The number of methoxy groups -OCH3 is 1. The molecular formula is C26H28FN3O2. The van der Waals surface area contributed by atoms with E-state index in [0.717, 1.165) is 11.1 Å². The van der Waals surface area contributed by atoms with E-state index in [9.17, 15) is 9.18 Å². The number of nitrogens with one attached hydrogen (secondary N) is 1. The molecule has 4 rings (SSSR count). The van der Waals surface area contributed by atoms with Crippen LogP contribution in [0.4, 0.5) is 15.8 Å². The van der Waals surface area contributed by atoms with Gasteiger partial charge >= 0.3 is 0 Å². The summed E-state index contributed by atoms with van der Waals surface area (Å²) in [5, 5.41) is 3.07. The number of halogens is 1. The van der Waals surface area contributed by atoms with E-state index in [-0.39, 0.29) is 11.7 Å². The SMILES string of the molecule is COc1ccc(C)cc1NC(=O)C(c1ccccc1)N1CCN(c2ccccc2F)CC1. The summed E-state index contributed by atoms with van der Waals surface area (Å²) in [5.74, 6) is 0.296. The molecule has 5 nitrogen and oxygen atoms in total. The van der Waals surface area contributed by atoms with Crippen LogP contribution in [0.15, 0.2) is 72.8 Å². The molecule has 1 N–H and O–H groups in total. The predicted molar refractivity (Wildman–Crippen MR) is 126 cm³/mol. The van der Waals surface area contributed by atoms with Crippen molar-refractivity contribution in [3.05, 3.63) is 89.7 Å². The van der Waals surface area contributed by atoms with Gasteiger partial charge in [0.2, 0.25) is 5.91 Å². The van der Waals surface area contributed by atoms with Crippen molar-refractivity contribution in [3.8, 4) is 5.75 Å². The van der Waals surface area contributed by atoms with Crippen molar-refractivity contribution in [2.24, 2.45) is 0 Å². The molecule has 1 saturated heterocycles.